The summed E-state index contributed by atoms with van der Waals surface area (Å²) in [5, 5.41) is 11.6. The molecule has 1 aliphatic heterocycles. The maximum absolute atomic E-state index is 11.2. The maximum atomic E-state index is 11.2. The van der Waals surface area contributed by atoms with E-state index in [1.807, 2.05) is 0 Å². The molecule has 1 aliphatic rings. The van der Waals surface area contributed by atoms with Gasteiger partial charge >= 0.3 is 0 Å². The van der Waals surface area contributed by atoms with E-state index >= 15 is 0 Å². The van der Waals surface area contributed by atoms with E-state index in [1.165, 1.54) is 0 Å². The van der Waals surface area contributed by atoms with Gasteiger partial charge in [0.15, 0.2) is 8.32 Å². The molecule has 0 radical (unpaired) electrons. The molecule has 90 valence electrons. The fourth-order valence-electron chi connectivity index (χ4n) is 1.41. The smallest absolute Gasteiger partial charge is 0.223 e. The Balaban J connectivity index is 2.75. The zero-order valence-corrected chi connectivity index (χ0v) is 11.6. The van der Waals surface area contributed by atoms with E-state index in [4.69, 9.17) is 9.69 Å². The van der Waals surface area contributed by atoms with Crippen LogP contribution >= 0.6 is 0 Å². The highest BCUT2D eigenvalue weighted by molar-refractivity contribution is 6.74. The molecule has 1 heterocycles. The van der Waals surface area contributed by atoms with E-state index < -0.39 is 14.4 Å². The van der Waals surface area contributed by atoms with Crippen molar-refractivity contribution >= 4 is 14.2 Å². The van der Waals surface area contributed by atoms with Gasteiger partial charge in [-0.1, -0.05) is 20.8 Å². The van der Waals surface area contributed by atoms with Crippen LogP contribution in [-0.2, 0) is 9.22 Å². The maximum Gasteiger partial charge on any atom is 0.223 e. The zero-order valence-electron chi connectivity index (χ0n) is 10.6. The van der Waals surface area contributed by atoms with E-state index in [-0.39, 0.29) is 17.0 Å². The number of carbonyl (C=O) groups is 1. The molecule has 4 nitrogen and oxygen atoms in total. The quantitative estimate of drug-likeness (QED) is 0.748. The van der Waals surface area contributed by atoms with Gasteiger partial charge in [0.05, 0.1) is 18.6 Å². The molecule has 0 spiro atoms. The lowest BCUT2D eigenvalue weighted by Crippen LogP contribution is -2.46. The minimum Gasteiger partial charge on any atom is -0.410 e. The van der Waals surface area contributed by atoms with Crippen molar-refractivity contribution < 1.29 is 9.22 Å². The highest BCUT2D eigenvalue weighted by atomic mass is 28.4. The number of nitrogens with zero attached hydrogens (tertiary/aromatic N) is 1. The monoisotopic (exact) mass is 240 g/mol. The first-order valence-electron chi connectivity index (χ1n) is 5.54. The summed E-state index contributed by atoms with van der Waals surface area (Å²) >= 11 is 0. The van der Waals surface area contributed by atoms with E-state index in [1.54, 1.807) is 0 Å². The van der Waals surface area contributed by atoms with Crippen LogP contribution in [0.2, 0.25) is 18.1 Å². The molecule has 0 unspecified atom stereocenters. The molecule has 0 aliphatic carbocycles. The minimum atomic E-state index is -1.90. The number of nitriles is 1. The summed E-state index contributed by atoms with van der Waals surface area (Å²) in [5.74, 6) is -0.0877. The molecule has 16 heavy (non-hydrogen) atoms. The van der Waals surface area contributed by atoms with Crippen LogP contribution in [0.3, 0.4) is 0 Å². The van der Waals surface area contributed by atoms with Gasteiger partial charge in [-0.15, -0.1) is 0 Å². The first-order valence-corrected chi connectivity index (χ1v) is 8.45. The summed E-state index contributed by atoms with van der Waals surface area (Å²) in [6.45, 7) is 10.7. The van der Waals surface area contributed by atoms with Crippen LogP contribution in [0.15, 0.2) is 0 Å². The van der Waals surface area contributed by atoms with Gasteiger partial charge in [-0.05, 0) is 18.1 Å². The van der Waals surface area contributed by atoms with Crippen LogP contribution in [0.25, 0.3) is 0 Å². The third-order valence-corrected chi connectivity index (χ3v) is 7.97. The van der Waals surface area contributed by atoms with Crippen LogP contribution in [0.5, 0.6) is 0 Å². The summed E-state index contributed by atoms with van der Waals surface area (Å²) in [6.07, 6.45) is 0.0310. The van der Waals surface area contributed by atoms with Gasteiger partial charge in [-0.25, -0.2) is 0 Å². The number of amides is 1. The van der Waals surface area contributed by atoms with Crippen LogP contribution in [0, 0.1) is 11.3 Å². The van der Waals surface area contributed by atoms with Crippen molar-refractivity contribution in [3.8, 4) is 6.07 Å². The van der Waals surface area contributed by atoms with Crippen molar-refractivity contribution in [2.24, 2.45) is 0 Å². The van der Waals surface area contributed by atoms with Gasteiger partial charge in [0.1, 0.15) is 6.04 Å². The van der Waals surface area contributed by atoms with E-state index in [0.717, 1.165) is 0 Å². The molecule has 0 aromatic heterocycles. The molecule has 1 fully saturated rings. The number of carbonyl (C=O) groups excluding carboxylic acids is 1. The summed E-state index contributed by atoms with van der Waals surface area (Å²) < 4.78 is 6.07. The first-order chi connectivity index (χ1) is 7.17. The lowest BCUT2D eigenvalue weighted by molar-refractivity contribution is -0.119. The van der Waals surface area contributed by atoms with Crippen molar-refractivity contribution in [1.29, 1.82) is 5.26 Å². The molecule has 0 saturated carbocycles. The SMILES string of the molecule is CC(C)(C)[Si](C)(C)O[C@H]1CC(=O)N[C@H]1C#N. The second kappa shape index (κ2) is 4.19. The number of hydrogen-bond acceptors (Lipinski definition) is 3. The van der Waals surface area contributed by atoms with E-state index in [2.05, 4.69) is 45.3 Å². The molecular weight excluding hydrogens is 220 g/mol. The lowest BCUT2D eigenvalue weighted by Gasteiger charge is -2.38. The predicted molar refractivity (Wildman–Crippen MR) is 64.2 cm³/mol. The van der Waals surface area contributed by atoms with Gasteiger partial charge in [-0.3, -0.25) is 4.79 Å². The predicted octanol–water partition coefficient (Wildman–Crippen LogP) is 1.79. The summed E-state index contributed by atoms with van der Waals surface area (Å²) in [4.78, 5) is 11.2. The Kier molecular flexibility index (Phi) is 3.46. The Bertz CT molecular complexity index is 328. The standard InChI is InChI=1S/C11H20N2O2Si/c1-11(2,3)16(4,5)15-9-6-10(14)13-8(9)7-12/h8-9H,6H2,1-5H3,(H,13,14)/t8-,9-/m0/s1. The van der Waals surface area contributed by atoms with Crippen LogP contribution in [0.4, 0.5) is 0 Å². The number of rotatable bonds is 2. The first kappa shape index (κ1) is 13.2. The number of nitrogens with one attached hydrogen (secondary N) is 1. The minimum absolute atomic E-state index is 0.0877. The third-order valence-electron chi connectivity index (χ3n) is 3.47. The number of hydrogen-bond donors (Lipinski definition) is 1. The van der Waals surface area contributed by atoms with E-state index in [0.29, 0.717) is 6.42 Å². The Morgan fingerprint density at radius 2 is 2.06 bits per heavy atom. The van der Waals surface area contributed by atoms with Crippen molar-refractivity contribution in [2.45, 2.75) is 57.5 Å². The average molecular weight is 240 g/mol. The molecular formula is C11H20N2O2Si. The van der Waals surface area contributed by atoms with Crippen LogP contribution in [0.1, 0.15) is 27.2 Å². The van der Waals surface area contributed by atoms with Gasteiger partial charge < -0.3 is 9.74 Å². The normalized spacial score (nSPS) is 26.4. The summed E-state index contributed by atoms with van der Waals surface area (Å²) in [5.41, 5.74) is 0. The Hall–Kier alpha value is -0.863. The van der Waals surface area contributed by atoms with Gasteiger partial charge in [0, 0.05) is 0 Å². The average Bonchev–Trinajstić information content (AvgIpc) is 2.43. The highest BCUT2D eigenvalue weighted by Gasteiger charge is 2.43. The highest BCUT2D eigenvalue weighted by Crippen LogP contribution is 2.38. The molecule has 0 aromatic rings. The molecule has 1 N–H and O–H groups in total. The summed E-state index contributed by atoms with van der Waals surface area (Å²) in [6, 6.07) is 1.60. The fourth-order valence-corrected chi connectivity index (χ4v) is 2.74. The molecule has 0 aromatic carbocycles. The zero-order chi connectivity index (χ0) is 12.6. The lowest BCUT2D eigenvalue weighted by atomic mass is 10.2. The second-order valence-electron chi connectivity index (χ2n) is 5.80. The van der Waals surface area contributed by atoms with Crippen molar-refractivity contribution in [2.75, 3.05) is 0 Å². The Morgan fingerprint density at radius 3 is 2.50 bits per heavy atom. The fraction of sp³-hybridized carbons (Fsp3) is 0.818. The van der Waals surface area contributed by atoms with Gasteiger partial charge in [0.2, 0.25) is 5.91 Å². The Morgan fingerprint density at radius 1 is 1.50 bits per heavy atom. The molecule has 1 saturated heterocycles. The topological polar surface area (TPSA) is 62.1 Å². The largest absolute Gasteiger partial charge is 0.410 e. The summed E-state index contributed by atoms with van der Waals surface area (Å²) in [7, 11) is -1.90. The second-order valence-corrected chi connectivity index (χ2v) is 10.6. The van der Waals surface area contributed by atoms with Gasteiger partial charge in [0.25, 0.3) is 0 Å². The molecule has 1 rings (SSSR count). The molecule has 2 atom stereocenters. The third kappa shape index (κ3) is 2.63. The van der Waals surface area contributed by atoms with Crippen LogP contribution < -0.4 is 5.32 Å². The Labute approximate surface area is 98.1 Å². The molecule has 0 bridgehead atoms. The van der Waals surface area contributed by atoms with Crippen molar-refractivity contribution in [3.63, 3.8) is 0 Å². The van der Waals surface area contributed by atoms with Gasteiger partial charge in [-0.2, -0.15) is 5.26 Å². The van der Waals surface area contributed by atoms with Crippen molar-refractivity contribution in [3.05, 3.63) is 0 Å². The van der Waals surface area contributed by atoms with Crippen molar-refractivity contribution in [1.82, 2.24) is 5.32 Å². The molecule has 5 heteroatoms. The molecule has 1 amide bonds. The van der Waals surface area contributed by atoms with E-state index in [9.17, 15) is 4.79 Å². The van der Waals surface area contributed by atoms with Crippen LogP contribution in [-0.4, -0.2) is 26.4 Å².